The van der Waals surface area contributed by atoms with Crippen LogP contribution in [0.3, 0.4) is 0 Å². The standard InChI is InChI=1S/C30H31ClF2N2O3/c1-38-25-6-8-29-27(18-25)26(10-12-34-29)28(33)7-4-21-11-14-35(19-22(21)5-9-30(36)37)13-2-3-20-15-23(31)17-24(32)16-20/h6,8,10,12,15-18,21-22,28H,4-5,7,9,11,13-14,19H2,1H3,(H,36,37)/t21?,22?,28-/m0/s1. The van der Waals surface area contributed by atoms with Gasteiger partial charge in [0.15, 0.2) is 0 Å². The Morgan fingerprint density at radius 1 is 1.24 bits per heavy atom. The van der Waals surface area contributed by atoms with Gasteiger partial charge in [-0.1, -0.05) is 23.4 Å². The number of nitrogens with zero attached hydrogens (tertiary/aromatic N) is 2. The minimum Gasteiger partial charge on any atom is -0.497 e. The predicted octanol–water partition coefficient (Wildman–Crippen LogP) is 6.68. The van der Waals surface area contributed by atoms with Crippen LogP contribution in [0.2, 0.25) is 5.02 Å². The molecule has 0 bridgehead atoms. The Kier molecular flexibility index (Phi) is 9.54. The Bertz CT molecular complexity index is 1320. The molecule has 0 saturated carbocycles. The third-order valence-corrected chi connectivity index (χ3v) is 7.43. The van der Waals surface area contributed by atoms with E-state index in [1.54, 1.807) is 25.4 Å². The van der Waals surface area contributed by atoms with Crippen molar-refractivity contribution >= 4 is 28.5 Å². The number of aromatic nitrogens is 1. The highest BCUT2D eigenvalue weighted by molar-refractivity contribution is 6.30. The first kappa shape index (κ1) is 27.8. The Labute approximate surface area is 226 Å². The number of carboxylic acid groups (broad SMARTS) is 1. The summed E-state index contributed by atoms with van der Waals surface area (Å²) in [4.78, 5) is 17.8. The first-order chi connectivity index (χ1) is 18.3. The molecule has 1 aliphatic heterocycles. The van der Waals surface area contributed by atoms with E-state index in [2.05, 4.69) is 21.7 Å². The average molecular weight is 541 g/mol. The Hall–Kier alpha value is -3.21. The van der Waals surface area contributed by atoms with Crippen LogP contribution in [0.25, 0.3) is 10.9 Å². The zero-order valence-electron chi connectivity index (χ0n) is 21.3. The highest BCUT2D eigenvalue weighted by Gasteiger charge is 2.30. The largest absolute Gasteiger partial charge is 0.497 e. The molecule has 1 N–H and O–H groups in total. The van der Waals surface area contributed by atoms with Gasteiger partial charge in [-0.2, -0.15) is 0 Å². The number of likely N-dealkylation sites (tertiary alicyclic amines) is 1. The molecule has 0 amide bonds. The summed E-state index contributed by atoms with van der Waals surface area (Å²) in [6, 6.07) is 11.4. The summed E-state index contributed by atoms with van der Waals surface area (Å²) < 4.78 is 34.4. The number of hydrogen-bond acceptors (Lipinski definition) is 4. The first-order valence-electron chi connectivity index (χ1n) is 12.8. The molecule has 200 valence electrons. The normalized spacial score (nSPS) is 18.5. The Morgan fingerprint density at radius 3 is 2.84 bits per heavy atom. The van der Waals surface area contributed by atoms with Crippen molar-refractivity contribution in [3.63, 3.8) is 0 Å². The molecule has 38 heavy (non-hydrogen) atoms. The zero-order valence-corrected chi connectivity index (χ0v) is 22.1. The minimum atomic E-state index is -1.16. The van der Waals surface area contributed by atoms with E-state index in [1.165, 1.54) is 12.1 Å². The van der Waals surface area contributed by atoms with Crippen LogP contribution < -0.4 is 4.74 Å². The molecule has 0 aliphatic carbocycles. The second-order valence-corrected chi connectivity index (χ2v) is 10.2. The summed E-state index contributed by atoms with van der Waals surface area (Å²) in [5, 5.41) is 10.3. The molecule has 1 fully saturated rings. The number of rotatable bonds is 9. The second kappa shape index (κ2) is 13.0. The van der Waals surface area contributed by atoms with Crippen molar-refractivity contribution in [1.29, 1.82) is 0 Å². The quantitative estimate of drug-likeness (QED) is 0.307. The molecular weight excluding hydrogens is 510 g/mol. The number of carbonyl (C=O) groups is 1. The molecule has 3 aromatic rings. The average Bonchev–Trinajstić information content (AvgIpc) is 2.89. The van der Waals surface area contributed by atoms with E-state index in [1.807, 2.05) is 18.2 Å². The highest BCUT2D eigenvalue weighted by Crippen LogP contribution is 2.36. The van der Waals surface area contributed by atoms with Gasteiger partial charge in [-0.15, -0.1) is 0 Å². The van der Waals surface area contributed by atoms with Gasteiger partial charge in [0.2, 0.25) is 0 Å². The number of ether oxygens (including phenoxy) is 1. The number of hydrogen-bond donors (Lipinski definition) is 1. The van der Waals surface area contributed by atoms with Crippen molar-refractivity contribution in [2.45, 2.75) is 38.3 Å². The number of halogens is 3. The number of fused-ring (bicyclic) bond motifs is 1. The van der Waals surface area contributed by atoms with Crippen molar-refractivity contribution in [3.8, 4) is 17.6 Å². The lowest BCUT2D eigenvalue weighted by Gasteiger charge is -2.38. The maximum absolute atomic E-state index is 15.5. The fraction of sp³-hybridized carbons (Fsp3) is 0.400. The van der Waals surface area contributed by atoms with Crippen LogP contribution in [0, 0.1) is 29.5 Å². The van der Waals surface area contributed by atoms with Gasteiger partial charge in [0.1, 0.15) is 17.7 Å². The van der Waals surface area contributed by atoms with Gasteiger partial charge in [0.25, 0.3) is 0 Å². The Morgan fingerprint density at radius 2 is 2.08 bits per heavy atom. The van der Waals surface area contributed by atoms with Gasteiger partial charge in [-0.05, 0) is 92.1 Å². The summed E-state index contributed by atoms with van der Waals surface area (Å²) in [7, 11) is 1.58. The molecule has 2 unspecified atom stereocenters. The Balaban J connectivity index is 1.40. The maximum Gasteiger partial charge on any atom is 0.303 e. The van der Waals surface area contributed by atoms with Crippen LogP contribution >= 0.6 is 11.6 Å². The summed E-state index contributed by atoms with van der Waals surface area (Å²) in [6.45, 7) is 1.98. The van der Waals surface area contributed by atoms with Gasteiger partial charge in [-0.25, -0.2) is 8.78 Å². The van der Waals surface area contributed by atoms with Crippen LogP contribution in [-0.4, -0.2) is 47.7 Å². The number of methoxy groups -OCH3 is 1. The second-order valence-electron chi connectivity index (χ2n) is 9.76. The van der Waals surface area contributed by atoms with Crippen LogP contribution in [0.1, 0.15) is 49.4 Å². The maximum atomic E-state index is 15.5. The topological polar surface area (TPSA) is 62.7 Å². The fourth-order valence-corrected chi connectivity index (χ4v) is 5.48. The minimum absolute atomic E-state index is 0.0797. The number of benzene rings is 2. The molecule has 4 rings (SSSR count). The summed E-state index contributed by atoms with van der Waals surface area (Å²) in [5.41, 5.74) is 1.84. The van der Waals surface area contributed by atoms with Crippen molar-refractivity contribution < 1.29 is 23.4 Å². The molecular formula is C30H31ClF2N2O3. The van der Waals surface area contributed by atoms with Crippen molar-refractivity contribution in [2.75, 3.05) is 26.7 Å². The number of carboxylic acids is 1. The lowest BCUT2D eigenvalue weighted by molar-refractivity contribution is -0.137. The molecule has 2 aromatic carbocycles. The van der Waals surface area contributed by atoms with Crippen molar-refractivity contribution in [2.24, 2.45) is 11.8 Å². The van der Waals surface area contributed by atoms with Crippen molar-refractivity contribution in [1.82, 2.24) is 9.88 Å². The van der Waals surface area contributed by atoms with E-state index in [0.29, 0.717) is 54.3 Å². The van der Waals surface area contributed by atoms with Crippen LogP contribution in [0.15, 0.2) is 48.7 Å². The SMILES string of the molecule is COc1ccc2nccc([C@@H](F)CCC3CCN(CC#Cc4cc(F)cc(Cl)c4)CC3CCC(=O)O)c2c1. The van der Waals surface area contributed by atoms with E-state index in [-0.39, 0.29) is 18.3 Å². The summed E-state index contributed by atoms with van der Waals surface area (Å²) in [6.07, 6.45) is 2.95. The summed E-state index contributed by atoms with van der Waals surface area (Å²) in [5.74, 6) is 5.79. The molecule has 2 heterocycles. The van der Waals surface area contributed by atoms with Crippen molar-refractivity contribution in [3.05, 3.63) is 70.6 Å². The number of pyridine rings is 1. The van der Waals surface area contributed by atoms with Crippen LogP contribution in [0.4, 0.5) is 8.78 Å². The monoisotopic (exact) mass is 540 g/mol. The summed E-state index contributed by atoms with van der Waals surface area (Å²) >= 11 is 5.90. The third-order valence-electron chi connectivity index (χ3n) is 7.21. The van der Waals surface area contributed by atoms with Crippen LogP contribution in [0.5, 0.6) is 5.75 Å². The lowest BCUT2D eigenvalue weighted by Crippen LogP contribution is -2.41. The number of piperidine rings is 1. The van der Waals surface area contributed by atoms with Crippen LogP contribution in [-0.2, 0) is 4.79 Å². The molecule has 5 nitrogen and oxygen atoms in total. The van der Waals surface area contributed by atoms with Gasteiger partial charge >= 0.3 is 5.97 Å². The molecule has 3 atom stereocenters. The van der Waals surface area contributed by atoms with E-state index in [4.69, 9.17) is 16.3 Å². The fourth-order valence-electron chi connectivity index (χ4n) is 5.26. The van der Waals surface area contributed by atoms with E-state index >= 15 is 4.39 Å². The van der Waals surface area contributed by atoms with E-state index < -0.39 is 18.0 Å². The molecule has 1 aromatic heterocycles. The van der Waals surface area contributed by atoms with Gasteiger partial charge < -0.3 is 9.84 Å². The predicted molar refractivity (Wildman–Crippen MR) is 145 cm³/mol. The lowest BCUT2D eigenvalue weighted by atomic mass is 9.79. The molecule has 1 saturated heterocycles. The van der Waals surface area contributed by atoms with Gasteiger partial charge in [0.05, 0.1) is 19.2 Å². The van der Waals surface area contributed by atoms with Gasteiger partial charge in [0, 0.05) is 35.1 Å². The molecule has 0 radical (unpaired) electrons. The third kappa shape index (κ3) is 7.43. The van der Waals surface area contributed by atoms with E-state index in [9.17, 15) is 14.3 Å². The highest BCUT2D eigenvalue weighted by atomic mass is 35.5. The zero-order chi connectivity index (χ0) is 27.1. The first-order valence-corrected chi connectivity index (χ1v) is 13.2. The smallest absolute Gasteiger partial charge is 0.303 e. The number of alkyl halides is 1. The molecule has 1 aliphatic rings. The molecule has 8 heteroatoms. The van der Waals surface area contributed by atoms with Gasteiger partial charge in [-0.3, -0.25) is 14.7 Å². The number of aliphatic carboxylic acids is 1. The van der Waals surface area contributed by atoms with E-state index in [0.717, 1.165) is 23.9 Å². The molecule has 0 spiro atoms.